The van der Waals surface area contributed by atoms with Crippen LogP contribution in [-0.4, -0.2) is 31.0 Å². The number of methoxy groups -OCH3 is 1. The fraction of sp³-hybridized carbons (Fsp3) is 0.444. The molecule has 1 rings (SSSR count). The number of rotatable bonds is 5. The van der Waals surface area contributed by atoms with Gasteiger partial charge in [0.25, 0.3) is 5.91 Å². The van der Waals surface area contributed by atoms with Crippen LogP contribution in [0.1, 0.15) is 10.4 Å². The van der Waals surface area contributed by atoms with Crippen molar-refractivity contribution >= 4 is 55.8 Å². The number of carbonyl (C=O) groups excluding carboxylic acids is 1. The van der Waals surface area contributed by atoms with Crippen LogP contribution in [0.15, 0.2) is 11.4 Å². The van der Waals surface area contributed by atoms with Crippen molar-refractivity contribution in [2.75, 3.05) is 19.0 Å². The summed E-state index contributed by atoms with van der Waals surface area (Å²) < 4.78 is 6.10. The quantitative estimate of drug-likeness (QED) is 0.605. The molecule has 1 heterocycles. The summed E-state index contributed by atoms with van der Waals surface area (Å²) >= 11 is 7.09. The topological polar surface area (TPSA) is 38.3 Å². The lowest BCUT2D eigenvalue weighted by Gasteiger charge is -2.14. The molecule has 84 valence electrons. The van der Waals surface area contributed by atoms with Crippen LogP contribution >= 0.6 is 49.9 Å². The van der Waals surface area contributed by atoms with Gasteiger partial charge in [0.2, 0.25) is 0 Å². The van der Waals surface area contributed by atoms with Crippen LogP contribution < -0.4 is 5.32 Å². The van der Waals surface area contributed by atoms with Crippen LogP contribution in [0.3, 0.4) is 0 Å². The first kappa shape index (κ1) is 13.4. The molecule has 1 atom stereocenters. The van der Waals surface area contributed by atoms with E-state index in [0.717, 1.165) is 2.88 Å². The molecule has 0 aliphatic heterocycles. The molecule has 0 aliphatic rings. The Morgan fingerprint density at radius 2 is 2.53 bits per heavy atom. The van der Waals surface area contributed by atoms with E-state index in [1.54, 1.807) is 18.4 Å². The van der Waals surface area contributed by atoms with Gasteiger partial charge in [-0.05, 0) is 28.7 Å². The molecule has 1 aromatic heterocycles. The average molecular weight is 404 g/mol. The average Bonchev–Trinajstić information content (AvgIpc) is 2.64. The molecule has 0 saturated heterocycles. The molecule has 6 heteroatoms. The van der Waals surface area contributed by atoms with E-state index >= 15 is 0 Å². The van der Waals surface area contributed by atoms with Crippen molar-refractivity contribution in [1.82, 2.24) is 5.32 Å². The fourth-order valence-corrected chi connectivity index (χ4v) is 2.70. The molecule has 1 N–H and O–H groups in total. The molecule has 0 bridgehead atoms. The Labute approximate surface area is 115 Å². The van der Waals surface area contributed by atoms with Crippen LogP contribution in [0.25, 0.3) is 0 Å². The highest BCUT2D eigenvalue weighted by Gasteiger charge is 2.13. The van der Waals surface area contributed by atoms with Crippen molar-refractivity contribution in [3.05, 3.63) is 19.9 Å². The maximum atomic E-state index is 11.7. The summed E-state index contributed by atoms with van der Waals surface area (Å²) in [6, 6.07) is 1.89. The van der Waals surface area contributed by atoms with E-state index in [9.17, 15) is 4.79 Å². The van der Waals surface area contributed by atoms with Gasteiger partial charge in [-0.15, -0.1) is 11.3 Å². The highest BCUT2D eigenvalue weighted by Crippen LogP contribution is 2.16. The third kappa shape index (κ3) is 4.38. The lowest BCUT2D eigenvalue weighted by molar-refractivity contribution is 0.0908. The summed E-state index contributed by atoms with van der Waals surface area (Å²) in [4.78, 5) is 11.7. The molecule has 1 unspecified atom stereocenters. The van der Waals surface area contributed by atoms with E-state index in [1.165, 1.54) is 0 Å². The van der Waals surface area contributed by atoms with Crippen LogP contribution in [0.2, 0.25) is 0 Å². The van der Waals surface area contributed by atoms with Gasteiger partial charge in [0, 0.05) is 17.8 Å². The van der Waals surface area contributed by atoms with Gasteiger partial charge in [-0.3, -0.25) is 4.79 Å². The molecule has 0 saturated carbocycles. The van der Waals surface area contributed by atoms with Gasteiger partial charge < -0.3 is 10.1 Å². The van der Waals surface area contributed by atoms with E-state index in [1.807, 2.05) is 11.4 Å². The van der Waals surface area contributed by atoms with Crippen molar-refractivity contribution in [2.45, 2.75) is 6.04 Å². The van der Waals surface area contributed by atoms with Crippen molar-refractivity contribution < 1.29 is 9.53 Å². The molecular weight excluding hydrogens is 393 g/mol. The zero-order valence-corrected chi connectivity index (χ0v) is 12.7. The molecule has 0 aliphatic carbocycles. The second-order valence-electron chi connectivity index (χ2n) is 2.92. The molecule has 3 nitrogen and oxygen atoms in total. The smallest absolute Gasteiger partial charge is 0.252 e. The van der Waals surface area contributed by atoms with E-state index in [0.29, 0.717) is 17.5 Å². The predicted molar refractivity (Wildman–Crippen MR) is 74.0 cm³/mol. The van der Waals surface area contributed by atoms with E-state index in [4.69, 9.17) is 4.74 Å². The molecule has 1 amide bonds. The van der Waals surface area contributed by atoms with E-state index in [2.05, 4.69) is 43.8 Å². The van der Waals surface area contributed by atoms with E-state index in [-0.39, 0.29) is 11.9 Å². The first-order valence-corrected chi connectivity index (χ1v) is 7.35. The fourth-order valence-electron chi connectivity index (χ4n) is 1.02. The second kappa shape index (κ2) is 6.82. The second-order valence-corrected chi connectivity index (χ2v) is 6.37. The van der Waals surface area contributed by atoms with E-state index < -0.39 is 0 Å². The lowest BCUT2D eigenvalue weighted by Crippen LogP contribution is -2.39. The Morgan fingerprint density at radius 3 is 3.00 bits per heavy atom. The summed E-state index contributed by atoms with van der Waals surface area (Å²) in [5, 5.41) is 5.43. The molecule has 0 fully saturated rings. The highest BCUT2D eigenvalue weighted by molar-refractivity contribution is 14.1. The number of hydrogen-bond donors (Lipinski definition) is 1. The van der Waals surface area contributed by atoms with Crippen molar-refractivity contribution in [1.29, 1.82) is 0 Å². The normalized spacial score (nSPS) is 12.5. The standard InChI is InChI=1S/C9H11BrINO2S/c1-14-4-7(3-10)12-9(13)6-2-8(11)15-5-6/h2,5,7H,3-4H2,1H3,(H,12,13). The number of amides is 1. The van der Waals surface area contributed by atoms with Gasteiger partial charge in [-0.1, -0.05) is 15.9 Å². The number of hydrogen-bond acceptors (Lipinski definition) is 3. The van der Waals surface area contributed by atoms with Gasteiger partial charge in [-0.25, -0.2) is 0 Å². The Morgan fingerprint density at radius 1 is 1.80 bits per heavy atom. The van der Waals surface area contributed by atoms with Gasteiger partial charge in [0.15, 0.2) is 0 Å². The van der Waals surface area contributed by atoms with Crippen molar-refractivity contribution in [3.8, 4) is 0 Å². The number of halogens is 2. The number of nitrogens with one attached hydrogen (secondary N) is 1. The summed E-state index contributed by atoms with van der Waals surface area (Å²) in [6.45, 7) is 0.512. The third-order valence-corrected chi connectivity index (χ3v) is 4.29. The minimum atomic E-state index is -0.0457. The zero-order chi connectivity index (χ0) is 11.3. The van der Waals surface area contributed by atoms with Crippen LogP contribution in [-0.2, 0) is 4.74 Å². The zero-order valence-electron chi connectivity index (χ0n) is 8.13. The molecule has 15 heavy (non-hydrogen) atoms. The maximum absolute atomic E-state index is 11.7. The minimum Gasteiger partial charge on any atom is -0.383 e. The number of ether oxygens (including phenoxy) is 1. The molecule has 1 aromatic rings. The molecule has 0 spiro atoms. The summed E-state index contributed by atoms with van der Waals surface area (Å²) in [6.07, 6.45) is 0. The van der Waals surface area contributed by atoms with Crippen LogP contribution in [0.4, 0.5) is 0 Å². The van der Waals surface area contributed by atoms with Crippen LogP contribution in [0, 0.1) is 2.88 Å². The number of alkyl halides is 1. The SMILES string of the molecule is COCC(CBr)NC(=O)c1csc(I)c1. The Balaban J connectivity index is 2.54. The van der Waals surface area contributed by atoms with Gasteiger partial charge >= 0.3 is 0 Å². The summed E-state index contributed by atoms with van der Waals surface area (Å²) in [5.74, 6) is -0.0457. The number of carbonyl (C=O) groups is 1. The van der Waals surface area contributed by atoms with Crippen molar-refractivity contribution in [3.63, 3.8) is 0 Å². The van der Waals surface area contributed by atoms with Gasteiger partial charge in [-0.2, -0.15) is 0 Å². The molecular formula is C9H11BrINO2S. The molecule has 0 aromatic carbocycles. The Kier molecular flexibility index (Phi) is 6.10. The summed E-state index contributed by atoms with van der Waals surface area (Å²) in [7, 11) is 1.62. The summed E-state index contributed by atoms with van der Waals surface area (Å²) in [5.41, 5.74) is 0.714. The highest BCUT2D eigenvalue weighted by atomic mass is 127. The predicted octanol–water partition coefficient (Wildman–Crippen LogP) is 2.49. The van der Waals surface area contributed by atoms with Gasteiger partial charge in [0.1, 0.15) is 0 Å². The Hall–Kier alpha value is 0.340. The third-order valence-electron chi connectivity index (χ3n) is 1.72. The first-order valence-electron chi connectivity index (χ1n) is 4.27. The largest absolute Gasteiger partial charge is 0.383 e. The molecule has 0 radical (unpaired) electrons. The van der Waals surface area contributed by atoms with Gasteiger partial charge in [0.05, 0.1) is 21.1 Å². The van der Waals surface area contributed by atoms with Crippen molar-refractivity contribution in [2.24, 2.45) is 0 Å². The Bertz CT molecular complexity index is 332. The monoisotopic (exact) mass is 403 g/mol. The first-order chi connectivity index (χ1) is 7.17. The minimum absolute atomic E-state index is 0.0139. The lowest BCUT2D eigenvalue weighted by atomic mass is 10.3. The maximum Gasteiger partial charge on any atom is 0.252 e. The number of thiophene rings is 1. The van der Waals surface area contributed by atoms with Crippen LogP contribution in [0.5, 0.6) is 0 Å².